The fraction of sp³-hybridized carbons (Fsp3) is 0.455. The summed E-state index contributed by atoms with van der Waals surface area (Å²) < 4.78 is 2.58. The Kier molecular flexibility index (Phi) is 3.24. The Hall–Kier alpha value is -1.30. The van der Waals surface area contributed by atoms with Crippen LogP contribution in [0.3, 0.4) is 0 Å². The average molecular weight is 301 g/mol. The summed E-state index contributed by atoms with van der Waals surface area (Å²) >= 11 is 3.31. The third kappa shape index (κ3) is 2.36. The SMILES string of the molecule is Cn1cc(Br)cc1C(=O)N1CCC(C(=O)O)C1. The lowest BCUT2D eigenvalue weighted by atomic mass is 10.1. The van der Waals surface area contributed by atoms with E-state index in [9.17, 15) is 9.59 Å². The lowest BCUT2D eigenvalue weighted by Crippen LogP contribution is -2.31. The predicted octanol–water partition coefficient (Wildman–Crippen LogP) is 1.33. The summed E-state index contributed by atoms with van der Waals surface area (Å²) in [6.07, 6.45) is 2.34. The Morgan fingerprint density at radius 1 is 1.53 bits per heavy atom. The topological polar surface area (TPSA) is 62.5 Å². The van der Waals surface area contributed by atoms with Gasteiger partial charge in [0.2, 0.25) is 0 Å². The Morgan fingerprint density at radius 3 is 2.71 bits per heavy atom. The van der Waals surface area contributed by atoms with Crippen molar-refractivity contribution in [3.63, 3.8) is 0 Å². The zero-order valence-electron chi connectivity index (χ0n) is 9.39. The molecule has 1 N–H and O–H groups in total. The molecule has 92 valence electrons. The van der Waals surface area contributed by atoms with Crippen LogP contribution >= 0.6 is 15.9 Å². The number of aromatic nitrogens is 1. The van der Waals surface area contributed by atoms with Crippen molar-refractivity contribution >= 4 is 27.8 Å². The molecular formula is C11H13BrN2O3. The molecule has 1 aromatic heterocycles. The molecule has 1 aliphatic heterocycles. The molecule has 17 heavy (non-hydrogen) atoms. The lowest BCUT2D eigenvalue weighted by Gasteiger charge is -2.15. The number of aliphatic carboxylic acids is 1. The highest BCUT2D eigenvalue weighted by Crippen LogP contribution is 2.21. The number of nitrogens with zero attached hydrogens (tertiary/aromatic N) is 2. The van der Waals surface area contributed by atoms with Crippen molar-refractivity contribution in [1.29, 1.82) is 0 Å². The molecule has 2 heterocycles. The maximum absolute atomic E-state index is 12.1. The fourth-order valence-corrected chi connectivity index (χ4v) is 2.57. The quantitative estimate of drug-likeness (QED) is 0.896. The van der Waals surface area contributed by atoms with Gasteiger partial charge in [0.25, 0.3) is 5.91 Å². The van der Waals surface area contributed by atoms with Crippen LogP contribution in [0.1, 0.15) is 16.9 Å². The third-order valence-corrected chi connectivity index (χ3v) is 3.45. The monoisotopic (exact) mass is 300 g/mol. The first-order valence-corrected chi connectivity index (χ1v) is 6.12. The molecule has 0 aromatic carbocycles. The summed E-state index contributed by atoms with van der Waals surface area (Å²) in [6, 6.07) is 1.75. The zero-order valence-corrected chi connectivity index (χ0v) is 11.0. The van der Waals surface area contributed by atoms with E-state index in [4.69, 9.17) is 5.11 Å². The van der Waals surface area contributed by atoms with Crippen LogP contribution in [0, 0.1) is 5.92 Å². The largest absolute Gasteiger partial charge is 0.481 e. The van der Waals surface area contributed by atoms with Gasteiger partial charge >= 0.3 is 5.97 Å². The Labute approximate surface area is 107 Å². The van der Waals surface area contributed by atoms with Gasteiger partial charge in [-0.05, 0) is 28.4 Å². The molecule has 0 aliphatic carbocycles. The maximum atomic E-state index is 12.1. The molecule has 1 saturated heterocycles. The smallest absolute Gasteiger partial charge is 0.308 e. The highest BCUT2D eigenvalue weighted by molar-refractivity contribution is 9.10. The van der Waals surface area contributed by atoms with Crippen LogP contribution in [-0.4, -0.2) is 39.5 Å². The zero-order chi connectivity index (χ0) is 12.6. The number of carbonyl (C=O) groups is 2. The molecule has 1 fully saturated rings. The number of halogens is 1. The molecule has 0 bridgehead atoms. The van der Waals surface area contributed by atoms with Gasteiger partial charge < -0.3 is 14.6 Å². The number of hydrogen-bond donors (Lipinski definition) is 1. The molecule has 1 amide bonds. The molecule has 6 heteroatoms. The lowest BCUT2D eigenvalue weighted by molar-refractivity contribution is -0.141. The van der Waals surface area contributed by atoms with E-state index < -0.39 is 11.9 Å². The van der Waals surface area contributed by atoms with Gasteiger partial charge in [-0.15, -0.1) is 0 Å². The Balaban J connectivity index is 2.12. The highest BCUT2D eigenvalue weighted by atomic mass is 79.9. The molecule has 0 saturated carbocycles. The van der Waals surface area contributed by atoms with Crippen molar-refractivity contribution in [1.82, 2.24) is 9.47 Å². The summed E-state index contributed by atoms with van der Waals surface area (Å²) in [5, 5.41) is 8.89. The molecule has 0 radical (unpaired) electrons. The minimum atomic E-state index is -0.826. The molecule has 2 rings (SSSR count). The standard InChI is InChI=1S/C11H13BrN2O3/c1-13-6-8(12)4-9(13)10(15)14-3-2-7(5-14)11(16)17/h4,6-7H,2-3,5H2,1H3,(H,16,17). The Bertz CT molecular complexity index is 469. The minimum absolute atomic E-state index is 0.109. The van der Waals surface area contributed by atoms with E-state index in [1.54, 1.807) is 28.8 Å². The predicted molar refractivity (Wildman–Crippen MR) is 64.8 cm³/mol. The first kappa shape index (κ1) is 12.2. The summed E-state index contributed by atoms with van der Waals surface area (Å²) in [5.74, 6) is -1.36. The summed E-state index contributed by atoms with van der Waals surface area (Å²) in [6.45, 7) is 0.815. The summed E-state index contributed by atoms with van der Waals surface area (Å²) in [7, 11) is 1.79. The minimum Gasteiger partial charge on any atom is -0.481 e. The maximum Gasteiger partial charge on any atom is 0.308 e. The summed E-state index contributed by atoms with van der Waals surface area (Å²) in [5.41, 5.74) is 0.572. The highest BCUT2D eigenvalue weighted by Gasteiger charge is 2.32. The molecule has 1 atom stereocenters. The molecule has 1 unspecified atom stereocenters. The van der Waals surface area contributed by atoms with Crippen molar-refractivity contribution in [2.45, 2.75) is 6.42 Å². The fourth-order valence-electron chi connectivity index (χ4n) is 2.05. The van der Waals surface area contributed by atoms with Gasteiger partial charge in [-0.25, -0.2) is 0 Å². The van der Waals surface area contributed by atoms with Crippen molar-refractivity contribution in [3.8, 4) is 0 Å². The first-order chi connectivity index (χ1) is 7.99. The first-order valence-electron chi connectivity index (χ1n) is 5.33. The normalized spacial score (nSPS) is 19.6. The van der Waals surface area contributed by atoms with Gasteiger partial charge in [-0.3, -0.25) is 9.59 Å². The molecule has 5 nitrogen and oxygen atoms in total. The third-order valence-electron chi connectivity index (χ3n) is 3.02. The number of carboxylic acids is 1. The number of carboxylic acid groups (broad SMARTS) is 1. The molecule has 1 aliphatic rings. The second-order valence-electron chi connectivity index (χ2n) is 4.23. The van der Waals surface area contributed by atoms with Crippen LogP contribution in [0.15, 0.2) is 16.7 Å². The number of likely N-dealkylation sites (tertiary alicyclic amines) is 1. The van der Waals surface area contributed by atoms with Gasteiger partial charge in [-0.1, -0.05) is 0 Å². The number of aryl methyl sites for hydroxylation is 1. The van der Waals surface area contributed by atoms with Crippen LogP contribution in [0.2, 0.25) is 0 Å². The number of carbonyl (C=O) groups excluding carboxylic acids is 1. The van der Waals surface area contributed by atoms with Crippen LogP contribution in [0.4, 0.5) is 0 Å². The molecule has 1 aromatic rings. The van der Waals surface area contributed by atoms with Crippen LogP contribution in [0.5, 0.6) is 0 Å². The van der Waals surface area contributed by atoms with E-state index in [2.05, 4.69) is 15.9 Å². The van der Waals surface area contributed by atoms with Gasteiger partial charge in [0.05, 0.1) is 5.92 Å². The van der Waals surface area contributed by atoms with Crippen molar-refractivity contribution in [2.75, 3.05) is 13.1 Å². The van der Waals surface area contributed by atoms with Crippen molar-refractivity contribution in [3.05, 3.63) is 22.4 Å². The summed E-state index contributed by atoms with van der Waals surface area (Å²) in [4.78, 5) is 24.6. The van der Waals surface area contributed by atoms with E-state index in [0.717, 1.165) is 4.47 Å². The second-order valence-corrected chi connectivity index (χ2v) is 5.15. The van der Waals surface area contributed by atoms with Crippen LogP contribution in [0.25, 0.3) is 0 Å². The Morgan fingerprint density at radius 2 is 2.24 bits per heavy atom. The van der Waals surface area contributed by atoms with Gasteiger partial charge in [0.1, 0.15) is 5.69 Å². The van der Waals surface area contributed by atoms with Crippen LogP contribution < -0.4 is 0 Å². The molecular weight excluding hydrogens is 288 g/mol. The van der Waals surface area contributed by atoms with Gasteiger partial charge in [0.15, 0.2) is 0 Å². The van der Waals surface area contributed by atoms with E-state index in [0.29, 0.717) is 25.2 Å². The average Bonchev–Trinajstić information content (AvgIpc) is 2.84. The van der Waals surface area contributed by atoms with Crippen molar-refractivity contribution < 1.29 is 14.7 Å². The number of amides is 1. The van der Waals surface area contributed by atoms with E-state index in [1.165, 1.54) is 0 Å². The number of rotatable bonds is 2. The van der Waals surface area contributed by atoms with E-state index in [-0.39, 0.29) is 5.91 Å². The van der Waals surface area contributed by atoms with Gasteiger partial charge in [0, 0.05) is 30.8 Å². The number of hydrogen-bond acceptors (Lipinski definition) is 2. The van der Waals surface area contributed by atoms with Crippen LogP contribution in [-0.2, 0) is 11.8 Å². The van der Waals surface area contributed by atoms with Crippen molar-refractivity contribution in [2.24, 2.45) is 13.0 Å². The van der Waals surface area contributed by atoms with E-state index in [1.807, 2.05) is 0 Å². The van der Waals surface area contributed by atoms with Gasteiger partial charge in [-0.2, -0.15) is 0 Å². The molecule has 0 spiro atoms. The second kappa shape index (κ2) is 4.52. The van der Waals surface area contributed by atoms with E-state index >= 15 is 0 Å².